The van der Waals surface area contributed by atoms with Crippen LogP contribution in [0.15, 0.2) is 58.5 Å². The summed E-state index contributed by atoms with van der Waals surface area (Å²) in [5, 5.41) is 1.11. The Kier molecular flexibility index (Phi) is 8.12. The van der Waals surface area contributed by atoms with Crippen LogP contribution in [0.2, 0.25) is 5.02 Å². The van der Waals surface area contributed by atoms with Crippen molar-refractivity contribution in [3.8, 4) is 0 Å². The molecular formula is C23H26ClN3O3S. The predicted molar refractivity (Wildman–Crippen MR) is 126 cm³/mol. The fraction of sp³-hybridized carbons (Fsp3) is 0.348. The predicted octanol–water partition coefficient (Wildman–Crippen LogP) is 4.23. The number of hydrogen-bond donors (Lipinski definition) is 0. The molecule has 1 atom stereocenters. The molecule has 31 heavy (non-hydrogen) atoms. The van der Waals surface area contributed by atoms with Gasteiger partial charge in [0.15, 0.2) is 5.16 Å². The summed E-state index contributed by atoms with van der Waals surface area (Å²) in [7, 11) is 3.41. The maximum Gasteiger partial charge on any atom is 0.262 e. The van der Waals surface area contributed by atoms with Gasteiger partial charge < -0.3 is 9.64 Å². The molecule has 164 valence electrons. The Balaban J connectivity index is 1.86. The highest BCUT2D eigenvalue weighted by atomic mass is 35.5. The lowest BCUT2D eigenvalue weighted by Crippen LogP contribution is -2.33. The summed E-state index contributed by atoms with van der Waals surface area (Å²) in [6.07, 6.45) is 0.668. The first-order valence-electron chi connectivity index (χ1n) is 10.0. The van der Waals surface area contributed by atoms with Gasteiger partial charge in [-0.2, -0.15) is 0 Å². The molecule has 8 heteroatoms. The van der Waals surface area contributed by atoms with E-state index in [0.717, 1.165) is 5.56 Å². The summed E-state index contributed by atoms with van der Waals surface area (Å²) in [6, 6.07) is 14.9. The Hall–Kier alpha value is -2.35. The minimum absolute atomic E-state index is 0.0299. The molecule has 0 aliphatic carbocycles. The van der Waals surface area contributed by atoms with Gasteiger partial charge in [0, 0.05) is 38.9 Å². The molecule has 0 saturated carbocycles. The molecule has 0 bridgehead atoms. The fourth-order valence-corrected chi connectivity index (χ4v) is 4.50. The first-order valence-corrected chi connectivity index (χ1v) is 11.3. The minimum Gasteiger partial charge on any atom is -0.385 e. The Morgan fingerprint density at radius 2 is 2.00 bits per heavy atom. The minimum atomic E-state index is -0.411. The van der Waals surface area contributed by atoms with E-state index in [2.05, 4.69) is 4.98 Å². The van der Waals surface area contributed by atoms with Crippen molar-refractivity contribution >= 4 is 40.2 Å². The Morgan fingerprint density at radius 3 is 2.71 bits per heavy atom. The van der Waals surface area contributed by atoms with Gasteiger partial charge in [0.1, 0.15) is 0 Å². The van der Waals surface area contributed by atoms with E-state index in [9.17, 15) is 9.59 Å². The molecule has 0 radical (unpaired) electrons. The highest BCUT2D eigenvalue weighted by Crippen LogP contribution is 2.25. The number of hydrogen-bond acceptors (Lipinski definition) is 5. The first kappa shape index (κ1) is 23.3. The Morgan fingerprint density at radius 1 is 1.26 bits per heavy atom. The smallest absolute Gasteiger partial charge is 0.262 e. The summed E-state index contributed by atoms with van der Waals surface area (Å²) >= 11 is 7.39. The van der Waals surface area contributed by atoms with Crippen LogP contribution in [0.25, 0.3) is 10.9 Å². The third kappa shape index (κ3) is 5.87. The van der Waals surface area contributed by atoms with Crippen molar-refractivity contribution < 1.29 is 9.53 Å². The second-order valence-corrected chi connectivity index (χ2v) is 9.04. The summed E-state index contributed by atoms with van der Waals surface area (Å²) in [4.78, 5) is 32.5. The number of halogens is 1. The SMILES string of the molecule is COCCCn1c(SC(C)C(=O)N(C)Cc2ccccc2)nc2cc(Cl)ccc2c1=O. The number of thioether (sulfide) groups is 1. The number of carbonyl (C=O) groups excluding carboxylic acids is 1. The van der Waals surface area contributed by atoms with Crippen molar-refractivity contribution in [3.05, 3.63) is 69.5 Å². The second kappa shape index (κ2) is 10.8. The van der Waals surface area contributed by atoms with Crippen molar-refractivity contribution in [3.63, 3.8) is 0 Å². The molecule has 3 aromatic rings. The van der Waals surface area contributed by atoms with Gasteiger partial charge >= 0.3 is 0 Å². The van der Waals surface area contributed by atoms with Crippen LogP contribution >= 0.6 is 23.4 Å². The van der Waals surface area contributed by atoms with Gasteiger partial charge in [0.25, 0.3) is 5.56 Å². The number of carbonyl (C=O) groups is 1. The quantitative estimate of drug-likeness (QED) is 0.272. The van der Waals surface area contributed by atoms with E-state index in [1.807, 2.05) is 37.3 Å². The lowest BCUT2D eigenvalue weighted by atomic mass is 10.2. The third-order valence-electron chi connectivity index (χ3n) is 4.88. The zero-order valence-corrected chi connectivity index (χ0v) is 19.4. The maximum atomic E-state index is 13.1. The average molecular weight is 460 g/mol. The highest BCUT2D eigenvalue weighted by molar-refractivity contribution is 8.00. The number of amides is 1. The summed E-state index contributed by atoms with van der Waals surface area (Å²) in [6.45, 7) is 3.35. The summed E-state index contributed by atoms with van der Waals surface area (Å²) in [5.41, 5.74) is 1.45. The standard InChI is InChI=1S/C23H26ClN3O3S/c1-16(21(28)26(2)15-17-8-5-4-6-9-17)31-23-25-20-14-18(24)10-11-19(20)22(29)27(23)12-7-13-30-3/h4-6,8-11,14,16H,7,12-13,15H2,1-3H3. The number of aromatic nitrogens is 2. The van der Waals surface area contributed by atoms with Crippen LogP contribution in [-0.2, 0) is 22.6 Å². The molecule has 0 spiro atoms. The molecule has 0 fully saturated rings. The monoisotopic (exact) mass is 459 g/mol. The van der Waals surface area contributed by atoms with Crippen molar-refractivity contribution in [2.45, 2.75) is 36.8 Å². The zero-order chi connectivity index (χ0) is 22.4. The van der Waals surface area contributed by atoms with E-state index < -0.39 is 5.25 Å². The molecule has 1 unspecified atom stereocenters. The van der Waals surface area contributed by atoms with E-state index in [0.29, 0.717) is 47.2 Å². The highest BCUT2D eigenvalue weighted by Gasteiger charge is 2.22. The molecular weight excluding hydrogens is 434 g/mol. The summed E-state index contributed by atoms with van der Waals surface area (Å²) < 4.78 is 6.76. The number of ether oxygens (including phenoxy) is 1. The van der Waals surface area contributed by atoms with Gasteiger partial charge in [-0.15, -0.1) is 0 Å². The molecule has 3 rings (SSSR count). The van der Waals surface area contributed by atoms with Crippen LogP contribution in [0.5, 0.6) is 0 Å². The van der Waals surface area contributed by atoms with Gasteiger partial charge in [-0.1, -0.05) is 53.7 Å². The number of rotatable bonds is 9. The molecule has 1 amide bonds. The van der Waals surface area contributed by atoms with Crippen molar-refractivity contribution in [1.29, 1.82) is 0 Å². The van der Waals surface area contributed by atoms with Crippen LogP contribution in [0.4, 0.5) is 0 Å². The van der Waals surface area contributed by atoms with Gasteiger partial charge in [-0.3, -0.25) is 14.2 Å². The van der Waals surface area contributed by atoms with Crippen LogP contribution in [0, 0.1) is 0 Å². The largest absolute Gasteiger partial charge is 0.385 e. The van der Waals surface area contributed by atoms with Gasteiger partial charge in [0.05, 0.1) is 16.2 Å². The summed E-state index contributed by atoms with van der Waals surface area (Å²) in [5.74, 6) is -0.0299. The molecule has 0 N–H and O–H groups in total. The van der Waals surface area contributed by atoms with Crippen LogP contribution in [0.3, 0.4) is 0 Å². The lowest BCUT2D eigenvalue weighted by molar-refractivity contribution is -0.129. The second-order valence-electron chi connectivity index (χ2n) is 7.30. The van der Waals surface area contributed by atoms with Crippen LogP contribution in [0.1, 0.15) is 18.9 Å². The van der Waals surface area contributed by atoms with Crippen molar-refractivity contribution in [2.24, 2.45) is 0 Å². The molecule has 1 heterocycles. The van der Waals surface area contributed by atoms with Crippen LogP contribution in [-0.4, -0.2) is 46.4 Å². The van der Waals surface area contributed by atoms with E-state index >= 15 is 0 Å². The normalized spacial score (nSPS) is 12.1. The first-order chi connectivity index (χ1) is 14.9. The molecule has 0 saturated heterocycles. The van der Waals surface area contributed by atoms with E-state index in [4.69, 9.17) is 16.3 Å². The third-order valence-corrected chi connectivity index (χ3v) is 6.19. The molecule has 0 aliphatic rings. The van der Waals surface area contributed by atoms with Gasteiger partial charge in [-0.25, -0.2) is 4.98 Å². The van der Waals surface area contributed by atoms with Crippen LogP contribution < -0.4 is 5.56 Å². The number of fused-ring (bicyclic) bond motifs is 1. The Labute approximate surface area is 191 Å². The van der Waals surface area contributed by atoms with Crippen molar-refractivity contribution in [2.75, 3.05) is 20.8 Å². The van der Waals surface area contributed by atoms with Crippen molar-refractivity contribution in [1.82, 2.24) is 14.5 Å². The fourth-order valence-electron chi connectivity index (χ4n) is 3.28. The van der Waals surface area contributed by atoms with Gasteiger partial charge in [0.2, 0.25) is 5.91 Å². The maximum absolute atomic E-state index is 13.1. The Bertz CT molecular complexity index is 1100. The molecule has 2 aromatic carbocycles. The topological polar surface area (TPSA) is 64.4 Å². The van der Waals surface area contributed by atoms with E-state index in [1.54, 1.807) is 41.8 Å². The number of methoxy groups -OCH3 is 1. The lowest BCUT2D eigenvalue weighted by Gasteiger charge is -2.22. The van der Waals surface area contributed by atoms with E-state index in [1.165, 1.54) is 11.8 Å². The molecule has 1 aromatic heterocycles. The average Bonchev–Trinajstić information content (AvgIpc) is 2.75. The van der Waals surface area contributed by atoms with E-state index in [-0.39, 0.29) is 11.5 Å². The zero-order valence-electron chi connectivity index (χ0n) is 17.9. The number of nitrogens with zero attached hydrogens (tertiary/aromatic N) is 3. The molecule has 0 aliphatic heterocycles. The van der Waals surface area contributed by atoms with Gasteiger partial charge in [-0.05, 0) is 37.1 Å². The molecule has 6 nitrogen and oxygen atoms in total. The number of benzene rings is 2.